The molecule has 2 N–H and O–H groups in total. The summed E-state index contributed by atoms with van der Waals surface area (Å²) >= 11 is 0. The summed E-state index contributed by atoms with van der Waals surface area (Å²) in [6, 6.07) is 1.94. The van der Waals surface area contributed by atoms with Gasteiger partial charge in [-0.2, -0.15) is 0 Å². The van der Waals surface area contributed by atoms with Crippen LogP contribution in [0, 0.1) is 0 Å². The van der Waals surface area contributed by atoms with Gasteiger partial charge in [-0.05, 0) is 6.42 Å². The second kappa shape index (κ2) is 7.87. The van der Waals surface area contributed by atoms with Crippen LogP contribution in [0.3, 0.4) is 0 Å². The molecule has 5 nitrogen and oxygen atoms in total. The van der Waals surface area contributed by atoms with Crippen LogP contribution in [-0.2, 0) is 4.74 Å². The normalized spacial score (nSPS) is 10.7. The van der Waals surface area contributed by atoms with Crippen molar-refractivity contribution in [1.82, 2.24) is 9.97 Å². The van der Waals surface area contributed by atoms with Gasteiger partial charge >= 0.3 is 0 Å². The minimum atomic E-state index is 0.316. The highest BCUT2D eigenvalue weighted by atomic mass is 16.5. The molecule has 1 heterocycles. The van der Waals surface area contributed by atoms with Crippen molar-refractivity contribution >= 4 is 11.6 Å². The summed E-state index contributed by atoms with van der Waals surface area (Å²) in [5.41, 5.74) is 0. The molecule has 1 aromatic heterocycles. The Balaban J connectivity index is 2.77. The van der Waals surface area contributed by atoms with Gasteiger partial charge in [-0.1, -0.05) is 20.8 Å². The van der Waals surface area contributed by atoms with Crippen molar-refractivity contribution in [2.24, 2.45) is 0 Å². The van der Waals surface area contributed by atoms with Gasteiger partial charge in [0.25, 0.3) is 0 Å². The van der Waals surface area contributed by atoms with E-state index in [1.165, 1.54) is 0 Å². The van der Waals surface area contributed by atoms with Gasteiger partial charge in [0.15, 0.2) is 0 Å². The second-order valence-electron chi connectivity index (χ2n) is 4.50. The summed E-state index contributed by atoms with van der Waals surface area (Å²) in [7, 11) is 1.69. The summed E-state index contributed by atoms with van der Waals surface area (Å²) in [5, 5.41) is 6.54. The molecule has 0 aromatic carbocycles. The van der Waals surface area contributed by atoms with Gasteiger partial charge in [-0.25, -0.2) is 9.97 Å². The van der Waals surface area contributed by atoms with Crippen molar-refractivity contribution in [2.45, 2.75) is 33.1 Å². The molecule has 0 aliphatic rings. The summed E-state index contributed by atoms with van der Waals surface area (Å²) in [4.78, 5) is 9.00. The van der Waals surface area contributed by atoms with Gasteiger partial charge in [-0.3, -0.25) is 0 Å². The predicted molar refractivity (Wildman–Crippen MR) is 75.3 cm³/mol. The van der Waals surface area contributed by atoms with E-state index >= 15 is 0 Å². The Morgan fingerprint density at radius 1 is 1.17 bits per heavy atom. The van der Waals surface area contributed by atoms with Crippen LogP contribution in [0.5, 0.6) is 0 Å². The Kier molecular flexibility index (Phi) is 6.43. The van der Waals surface area contributed by atoms with E-state index in [-0.39, 0.29) is 0 Å². The fourth-order valence-electron chi connectivity index (χ4n) is 1.44. The van der Waals surface area contributed by atoms with Crippen molar-refractivity contribution in [3.05, 3.63) is 11.9 Å². The van der Waals surface area contributed by atoms with E-state index in [1.807, 2.05) is 6.07 Å². The van der Waals surface area contributed by atoms with Crippen LogP contribution < -0.4 is 10.6 Å². The molecule has 0 saturated carbocycles. The number of hydrogen-bond donors (Lipinski definition) is 2. The molecule has 0 aliphatic heterocycles. The third-order valence-electron chi connectivity index (χ3n) is 2.43. The number of methoxy groups -OCH3 is 1. The smallest absolute Gasteiger partial charge is 0.135 e. The number of hydrogen-bond acceptors (Lipinski definition) is 5. The lowest BCUT2D eigenvalue weighted by Crippen LogP contribution is -2.12. The predicted octanol–water partition coefficient (Wildman–Crippen LogP) is 2.48. The van der Waals surface area contributed by atoms with Gasteiger partial charge in [0, 0.05) is 32.2 Å². The topological polar surface area (TPSA) is 59.1 Å². The molecule has 0 radical (unpaired) electrons. The first kappa shape index (κ1) is 14.7. The first-order valence-electron chi connectivity index (χ1n) is 6.53. The standard InChI is InChI=1S/C13H24N4O/c1-5-6-14-11-9-12(15-7-8-18-4)17-13(16-11)10(2)3/h9-10H,5-8H2,1-4H3,(H2,14,15,16,17). The highest BCUT2D eigenvalue weighted by Crippen LogP contribution is 2.16. The lowest BCUT2D eigenvalue weighted by molar-refractivity contribution is 0.210. The number of nitrogens with one attached hydrogen (secondary N) is 2. The monoisotopic (exact) mass is 252 g/mol. The van der Waals surface area contributed by atoms with Crippen LogP contribution in [0.25, 0.3) is 0 Å². The Morgan fingerprint density at radius 2 is 1.78 bits per heavy atom. The van der Waals surface area contributed by atoms with Crippen molar-refractivity contribution in [3.8, 4) is 0 Å². The Hall–Kier alpha value is -1.36. The summed E-state index contributed by atoms with van der Waals surface area (Å²) in [6.45, 7) is 8.66. The minimum Gasteiger partial charge on any atom is -0.383 e. The lowest BCUT2D eigenvalue weighted by Gasteiger charge is -2.12. The molecule has 0 saturated heterocycles. The van der Waals surface area contributed by atoms with E-state index in [0.717, 1.165) is 37.0 Å². The van der Waals surface area contributed by atoms with Gasteiger partial charge in [-0.15, -0.1) is 0 Å². The summed E-state index contributed by atoms with van der Waals surface area (Å²) < 4.78 is 5.01. The number of aromatic nitrogens is 2. The lowest BCUT2D eigenvalue weighted by atomic mass is 10.2. The van der Waals surface area contributed by atoms with Gasteiger partial charge in [0.05, 0.1) is 6.61 Å². The molecule has 0 bridgehead atoms. The van der Waals surface area contributed by atoms with Crippen LogP contribution in [-0.4, -0.2) is 36.8 Å². The minimum absolute atomic E-state index is 0.316. The van der Waals surface area contributed by atoms with Crippen molar-refractivity contribution in [1.29, 1.82) is 0 Å². The fourth-order valence-corrected chi connectivity index (χ4v) is 1.44. The van der Waals surface area contributed by atoms with E-state index in [1.54, 1.807) is 7.11 Å². The molecule has 1 rings (SSSR count). The maximum Gasteiger partial charge on any atom is 0.135 e. The molecular weight excluding hydrogens is 228 g/mol. The molecule has 0 amide bonds. The zero-order chi connectivity index (χ0) is 13.4. The first-order chi connectivity index (χ1) is 8.67. The maximum atomic E-state index is 5.01. The molecule has 5 heteroatoms. The van der Waals surface area contributed by atoms with E-state index in [4.69, 9.17) is 4.74 Å². The Morgan fingerprint density at radius 3 is 2.28 bits per heavy atom. The molecule has 102 valence electrons. The average molecular weight is 252 g/mol. The molecular formula is C13H24N4O. The molecule has 18 heavy (non-hydrogen) atoms. The Labute approximate surface area is 109 Å². The third kappa shape index (κ3) is 4.87. The average Bonchev–Trinajstić information content (AvgIpc) is 2.36. The van der Waals surface area contributed by atoms with Crippen molar-refractivity contribution in [3.63, 3.8) is 0 Å². The van der Waals surface area contributed by atoms with Crippen LogP contribution in [0.2, 0.25) is 0 Å². The molecule has 0 unspecified atom stereocenters. The highest BCUT2D eigenvalue weighted by Gasteiger charge is 2.07. The zero-order valence-electron chi connectivity index (χ0n) is 11.8. The molecule has 0 aliphatic carbocycles. The number of anilines is 2. The molecule has 0 spiro atoms. The quantitative estimate of drug-likeness (QED) is 0.696. The molecule has 1 aromatic rings. The van der Waals surface area contributed by atoms with Crippen LogP contribution in [0.4, 0.5) is 11.6 Å². The van der Waals surface area contributed by atoms with Crippen molar-refractivity contribution in [2.75, 3.05) is 37.4 Å². The molecule has 0 atom stereocenters. The van der Waals surface area contributed by atoms with E-state index in [0.29, 0.717) is 12.5 Å². The zero-order valence-corrected chi connectivity index (χ0v) is 11.8. The highest BCUT2D eigenvalue weighted by molar-refractivity contribution is 5.47. The van der Waals surface area contributed by atoms with E-state index < -0.39 is 0 Å². The van der Waals surface area contributed by atoms with Crippen molar-refractivity contribution < 1.29 is 4.74 Å². The fraction of sp³-hybridized carbons (Fsp3) is 0.692. The first-order valence-corrected chi connectivity index (χ1v) is 6.53. The number of ether oxygens (including phenoxy) is 1. The number of nitrogens with zero attached hydrogens (tertiary/aromatic N) is 2. The van der Waals surface area contributed by atoms with Gasteiger partial charge in [0.2, 0.25) is 0 Å². The van der Waals surface area contributed by atoms with Crippen LogP contribution in [0.15, 0.2) is 6.07 Å². The third-order valence-corrected chi connectivity index (χ3v) is 2.43. The van der Waals surface area contributed by atoms with Crippen LogP contribution >= 0.6 is 0 Å². The van der Waals surface area contributed by atoms with E-state index in [9.17, 15) is 0 Å². The second-order valence-corrected chi connectivity index (χ2v) is 4.50. The van der Waals surface area contributed by atoms with Gasteiger partial charge < -0.3 is 15.4 Å². The number of rotatable bonds is 8. The van der Waals surface area contributed by atoms with Crippen LogP contribution in [0.1, 0.15) is 38.9 Å². The summed E-state index contributed by atoms with van der Waals surface area (Å²) in [5.74, 6) is 2.91. The van der Waals surface area contributed by atoms with E-state index in [2.05, 4.69) is 41.4 Å². The van der Waals surface area contributed by atoms with Gasteiger partial charge in [0.1, 0.15) is 17.5 Å². The maximum absolute atomic E-state index is 5.01. The Bertz CT molecular complexity index is 355. The summed E-state index contributed by atoms with van der Waals surface area (Å²) in [6.07, 6.45) is 1.08. The largest absolute Gasteiger partial charge is 0.383 e. The molecule has 0 fully saturated rings. The SMILES string of the molecule is CCCNc1cc(NCCOC)nc(C(C)C)n1.